The first kappa shape index (κ1) is 18.3. The summed E-state index contributed by atoms with van der Waals surface area (Å²) in [6.45, 7) is 1.99. The van der Waals surface area contributed by atoms with Crippen molar-refractivity contribution in [3.8, 4) is 11.5 Å². The normalized spacial score (nSPS) is 15.9. The molecule has 2 aliphatic rings. The molecule has 1 saturated carbocycles. The molecule has 0 atom stereocenters. The summed E-state index contributed by atoms with van der Waals surface area (Å²) in [6.07, 6.45) is 5.69. The average molecular weight is 380 g/mol. The van der Waals surface area contributed by atoms with Crippen molar-refractivity contribution in [1.82, 2.24) is 5.32 Å². The molecule has 146 valence electrons. The highest BCUT2D eigenvalue weighted by Crippen LogP contribution is 2.35. The van der Waals surface area contributed by atoms with Crippen LogP contribution in [0, 0.1) is 6.92 Å². The van der Waals surface area contributed by atoms with E-state index in [0.717, 1.165) is 18.4 Å². The minimum Gasteiger partial charge on any atom is -0.454 e. The van der Waals surface area contributed by atoms with Gasteiger partial charge in [-0.3, -0.25) is 9.59 Å². The van der Waals surface area contributed by atoms with Crippen LogP contribution in [0.15, 0.2) is 36.4 Å². The molecule has 6 heteroatoms. The molecule has 0 unspecified atom stereocenters. The van der Waals surface area contributed by atoms with E-state index in [0.29, 0.717) is 28.3 Å². The summed E-state index contributed by atoms with van der Waals surface area (Å²) < 4.78 is 10.7. The van der Waals surface area contributed by atoms with Gasteiger partial charge >= 0.3 is 0 Å². The zero-order chi connectivity index (χ0) is 19.5. The van der Waals surface area contributed by atoms with Crippen LogP contribution in [0.2, 0.25) is 0 Å². The van der Waals surface area contributed by atoms with E-state index in [1.165, 1.54) is 19.3 Å². The maximum absolute atomic E-state index is 12.7. The van der Waals surface area contributed by atoms with Crippen LogP contribution in [0.3, 0.4) is 0 Å². The standard InChI is InChI=1S/C22H24N2O4/c1-14-12-15(21(25)23-16-6-3-2-4-7-16)10-11-18(14)24-22(26)17-8-5-9-19-20(17)28-13-27-19/h5,8-12,16H,2-4,6-7,13H2,1H3,(H,23,25)(H,24,26). The fraction of sp³-hybridized carbons (Fsp3) is 0.364. The van der Waals surface area contributed by atoms with E-state index in [4.69, 9.17) is 9.47 Å². The van der Waals surface area contributed by atoms with Gasteiger partial charge in [0.25, 0.3) is 11.8 Å². The highest BCUT2D eigenvalue weighted by atomic mass is 16.7. The second-order valence-corrected chi connectivity index (χ2v) is 7.33. The second-order valence-electron chi connectivity index (χ2n) is 7.33. The quantitative estimate of drug-likeness (QED) is 0.839. The van der Waals surface area contributed by atoms with Crippen molar-refractivity contribution in [2.75, 3.05) is 12.1 Å². The Bertz CT molecular complexity index is 903. The van der Waals surface area contributed by atoms with Crippen LogP contribution >= 0.6 is 0 Å². The Balaban J connectivity index is 1.45. The zero-order valence-electron chi connectivity index (χ0n) is 15.9. The van der Waals surface area contributed by atoms with E-state index < -0.39 is 0 Å². The third-order valence-electron chi connectivity index (χ3n) is 5.32. The molecule has 2 aromatic carbocycles. The van der Waals surface area contributed by atoms with E-state index in [9.17, 15) is 9.59 Å². The maximum atomic E-state index is 12.7. The summed E-state index contributed by atoms with van der Waals surface area (Å²) in [4.78, 5) is 25.2. The van der Waals surface area contributed by atoms with Crippen LogP contribution < -0.4 is 20.1 Å². The van der Waals surface area contributed by atoms with Gasteiger partial charge in [-0.15, -0.1) is 0 Å². The van der Waals surface area contributed by atoms with E-state index in [1.54, 1.807) is 30.3 Å². The Hall–Kier alpha value is -3.02. The number of benzene rings is 2. The third kappa shape index (κ3) is 3.81. The SMILES string of the molecule is Cc1cc(C(=O)NC2CCCCC2)ccc1NC(=O)c1cccc2c1OCO2. The molecule has 1 heterocycles. The van der Waals surface area contributed by atoms with Gasteiger partial charge in [0.2, 0.25) is 6.79 Å². The average Bonchev–Trinajstić information content (AvgIpc) is 3.19. The predicted octanol–water partition coefficient (Wildman–Crippen LogP) is 4.04. The predicted molar refractivity (Wildman–Crippen MR) is 106 cm³/mol. The van der Waals surface area contributed by atoms with Crippen LogP contribution in [0.4, 0.5) is 5.69 Å². The first-order valence-corrected chi connectivity index (χ1v) is 9.73. The van der Waals surface area contributed by atoms with Gasteiger partial charge in [0.05, 0.1) is 5.56 Å². The third-order valence-corrected chi connectivity index (χ3v) is 5.32. The number of ether oxygens (including phenoxy) is 2. The van der Waals surface area contributed by atoms with Gasteiger partial charge < -0.3 is 20.1 Å². The molecular formula is C22H24N2O4. The smallest absolute Gasteiger partial charge is 0.259 e. The fourth-order valence-electron chi connectivity index (χ4n) is 3.76. The molecule has 1 fully saturated rings. The summed E-state index contributed by atoms with van der Waals surface area (Å²) in [5, 5.41) is 6.02. The Kier molecular flexibility index (Phi) is 5.19. The summed E-state index contributed by atoms with van der Waals surface area (Å²) in [7, 11) is 0. The number of amides is 2. The second kappa shape index (κ2) is 7.92. The number of fused-ring (bicyclic) bond motifs is 1. The lowest BCUT2D eigenvalue weighted by molar-refractivity contribution is 0.0927. The van der Waals surface area contributed by atoms with E-state index in [2.05, 4.69) is 10.6 Å². The molecule has 1 aliphatic heterocycles. The number of carbonyl (C=O) groups excluding carboxylic acids is 2. The number of rotatable bonds is 4. The van der Waals surface area contributed by atoms with Crippen LogP contribution in [0.25, 0.3) is 0 Å². The first-order valence-electron chi connectivity index (χ1n) is 9.73. The van der Waals surface area contributed by atoms with Crippen molar-refractivity contribution in [1.29, 1.82) is 0 Å². The van der Waals surface area contributed by atoms with Crippen molar-refractivity contribution in [3.63, 3.8) is 0 Å². The van der Waals surface area contributed by atoms with Crippen LogP contribution in [0.5, 0.6) is 11.5 Å². The Morgan fingerprint density at radius 1 is 1.00 bits per heavy atom. The number of aryl methyl sites for hydroxylation is 1. The van der Waals surface area contributed by atoms with Crippen LogP contribution in [-0.4, -0.2) is 24.6 Å². The molecule has 28 heavy (non-hydrogen) atoms. The molecule has 0 radical (unpaired) electrons. The lowest BCUT2D eigenvalue weighted by Crippen LogP contribution is -2.36. The molecule has 4 rings (SSSR count). The highest BCUT2D eigenvalue weighted by molar-refractivity contribution is 6.07. The van der Waals surface area contributed by atoms with Crippen molar-refractivity contribution < 1.29 is 19.1 Å². The van der Waals surface area contributed by atoms with E-state index in [-0.39, 0.29) is 24.6 Å². The van der Waals surface area contributed by atoms with E-state index >= 15 is 0 Å². The molecule has 2 N–H and O–H groups in total. The lowest BCUT2D eigenvalue weighted by atomic mass is 9.95. The fourth-order valence-corrected chi connectivity index (χ4v) is 3.76. The number of hydrogen-bond donors (Lipinski definition) is 2. The molecule has 0 bridgehead atoms. The molecule has 6 nitrogen and oxygen atoms in total. The van der Waals surface area contributed by atoms with Gasteiger partial charge in [-0.05, 0) is 55.7 Å². The van der Waals surface area contributed by atoms with Crippen molar-refractivity contribution in [2.24, 2.45) is 0 Å². The summed E-state index contributed by atoms with van der Waals surface area (Å²) >= 11 is 0. The van der Waals surface area contributed by atoms with Gasteiger partial charge in [0.15, 0.2) is 11.5 Å². The number of para-hydroxylation sites is 1. The summed E-state index contributed by atoms with van der Waals surface area (Å²) in [5.74, 6) is 0.699. The Morgan fingerprint density at radius 2 is 1.82 bits per heavy atom. The number of hydrogen-bond acceptors (Lipinski definition) is 4. The molecule has 0 saturated heterocycles. The van der Waals surface area contributed by atoms with E-state index in [1.807, 2.05) is 13.0 Å². The number of carbonyl (C=O) groups is 2. The largest absolute Gasteiger partial charge is 0.454 e. The summed E-state index contributed by atoms with van der Waals surface area (Å²) in [5.41, 5.74) is 2.53. The molecule has 2 aromatic rings. The molecule has 0 spiro atoms. The minimum atomic E-state index is -0.273. The lowest BCUT2D eigenvalue weighted by Gasteiger charge is -2.23. The monoisotopic (exact) mass is 380 g/mol. The highest BCUT2D eigenvalue weighted by Gasteiger charge is 2.22. The first-order chi connectivity index (χ1) is 13.6. The number of anilines is 1. The minimum absolute atomic E-state index is 0.0562. The number of nitrogens with one attached hydrogen (secondary N) is 2. The Labute approximate surface area is 164 Å². The maximum Gasteiger partial charge on any atom is 0.259 e. The van der Waals surface area contributed by atoms with Gasteiger partial charge in [0, 0.05) is 17.3 Å². The molecular weight excluding hydrogens is 356 g/mol. The topological polar surface area (TPSA) is 76.7 Å². The van der Waals surface area contributed by atoms with Gasteiger partial charge in [0.1, 0.15) is 0 Å². The molecule has 0 aromatic heterocycles. The molecule has 1 aliphatic carbocycles. The van der Waals surface area contributed by atoms with Crippen LogP contribution in [-0.2, 0) is 0 Å². The summed E-state index contributed by atoms with van der Waals surface area (Å²) in [6, 6.07) is 10.8. The van der Waals surface area contributed by atoms with Crippen molar-refractivity contribution >= 4 is 17.5 Å². The Morgan fingerprint density at radius 3 is 2.61 bits per heavy atom. The van der Waals surface area contributed by atoms with Gasteiger partial charge in [-0.2, -0.15) is 0 Å². The van der Waals surface area contributed by atoms with Gasteiger partial charge in [-0.25, -0.2) is 0 Å². The van der Waals surface area contributed by atoms with Gasteiger partial charge in [-0.1, -0.05) is 25.3 Å². The van der Waals surface area contributed by atoms with Crippen molar-refractivity contribution in [2.45, 2.75) is 45.1 Å². The molecule has 2 amide bonds. The van der Waals surface area contributed by atoms with Crippen LogP contribution in [0.1, 0.15) is 58.4 Å². The zero-order valence-corrected chi connectivity index (χ0v) is 15.9. The van der Waals surface area contributed by atoms with Crippen molar-refractivity contribution in [3.05, 3.63) is 53.1 Å².